The van der Waals surface area contributed by atoms with Crippen molar-refractivity contribution >= 4 is 10.1 Å². The first-order chi connectivity index (χ1) is 12.9. The molecule has 0 spiro atoms. The van der Waals surface area contributed by atoms with Crippen molar-refractivity contribution in [1.29, 1.82) is 0 Å². The van der Waals surface area contributed by atoms with Crippen LogP contribution in [0.5, 0.6) is 0 Å². The zero-order valence-corrected chi connectivity index (χ0v) is 22.9. The van der Waals surface area contributed by atoms with Gasteiger partial charge in [0, 0.05) is 5.25 Å². The minimum atomic E-state index is -4.21. The van der Waals surface area contributed by atoms with Crippen LogP contribution in [0.3, 0.4) is 0 Å². The van der Waals surface area contributed by atoms with Gasteiger partial charge in [-0.25, -0.2) is 8.42 Å². The van der Waals surface area contributed by atoms with E-state index in [1.165, 1.54) is 70.6 Å². The predicted molar refractivity (Wildman–Crippen MR) is 114 cm³/mol. The van der Waals surface area contributed by atoms with Gasteiger partial charge in [-0.2, -0.15) is 0 Å². The van der Waals surface area contributed by atoms with Crippen molar-refractivity contribution in [2.24, 2.45) is 0 Å². The number of hydrogen-bond donors (Lipinski definition) is 1. The summed E-state index contributed by atoms with van der Waals surface area (Å²) in [7, 11) is -4.21. The maximum Gasteiger partial charge on any atom is 1.00 e. The molecule has 0 aromatic heterocycles. The summed E-state index contributed by atoms with van der Waals surface area (Å²) in [5, 5.41) is 8.48. The summed E-state index contributed by atoms with van der Waals surface area (Å²) < 4.78 is 34.1. The summed E-state index contributed by atoms with van der Waals surface area (Å²) in [6.45, 7) is 3.94. The Labute approximate surface area is 218 Å². The minimum absolute atomic E-state index is 0. The topological polar surface area (TPSA) is 77.4 Å². The number of rotatable bonds is 20. The van der Waals surface area contributed by atoms with E-state index >= 15 is 0 Å². The van der Waals surface area contributed by atoms with E-state index in [-0.39, 0.29) is 51.4 Å². The maximum absolute atomic E-state index is 11.4. The summed E-state index contributed by atoms with van der Waals surface area (Å²) >= 11 is 0. The molecule has 6 heteroatoms. The molecule has 0 aliphatic rings. The largest absolute Gasteiger partial charge is 1.00 e. The molecule has 0 saturated heterocycles. The molecule has 0 radical (unpaired) electrons. The molecule has 0 aromatic carbocycles. The van der Waals surface area contributed by atoms with Gasteiger partial charge in [-0.05, 0) is 32.6 Å². The van der Waals surface area contributed by atoms with E-state index in [2.05, 4.69) is 6.92 Å². The van der Waals surface area contributed by atoms with E-state index in [1.54, 1.807) is 6.92 Å². The number of hydrogen-bond acceptors (Lipinski definition) is 4. The van der Waals surface area contributed by atoms with Crippen LogP contribution in [0.25, 0.3) is 0 Å². The third kappa shape index (κ3) is 22.2. The monoisotopic (exact) mass is 444 g/mol. The molecule has 1 N–H and O–H groups in total. The van der Waals surface area contributed by atoms with Crippen molar-refractivity contribution in [3.05, 3.63) is 0 Å². The number of aliphatic hydroxyl groups excluding tert-OH is 1. The molecule has 164 valence electrons. The number of aliphatic hydroxyl groups is 1. The third-order valence-corrected chi connectivity index (χ3v) is 6.72. The van der Waals surface area contributed by atoms with Crippen LogP contribution in [0.1, 0.15) is 129 Å². The molecule has 28 heavy (non-hydrogen) atoms. The summed E-state index contributed by atoms with van der Waals surface area (Å²) in [4.78, 5) is 0. The van der Waals surface area contributed by atoms with Gasteiger partial charge in [0.05, 0.1) is 16.2 Å². The molecule has 0 aliphatic carbocycles. The van der Waals surface area contributed by atoms with Gasteiger partial charge in [-0.3, -0.25) is 0 Å². The van der Waals surface area contributed by atoms with Gasteiger partial charge in [-0.1, -0.05) is 96.8 Å². The van der Waals surface area contributed by atoms with Gasteiger partial charge in [0.2, 0.25) is 0 Å². The molecule has 0 fully saturated rings. The van der Waals surface area contributed by atoms with Crippen LogP contribution in [0.15, 0.2) is 0 Å². The Morgan fingerprint density at radius 2 is 1.04 bits per heavy atom. The Hall–Kier alpha value is 1.51. The summed E-state index contributed by atoms with van der Waals surface area (Å²) in [6.07, 6.45) is 19.3. The van der Waals surface area contributed by atoms with Gasteiger partial charge < -0.3 is 9.66 Å². The molecule has 0 rings (SSSR count). The zero-order chi connectivity index (χ0) is 20.4. The molecule has 0 saturated carbocycles. The Kier molecular flexibility index (Phi) is 24.6. The predicted octanol–water partition coefficient (Wildman–Crippen LogP) is 3.33. The Morgan fingerprint density at radius 3 is 1.39 bits per heavy atom. The quantitative estimate of drug-likeness (QED) is 0.177. The first-order valence-electron chi connectivity index (χ1n) is 11.5. The van der Waals surface area contributed by atoms with Crippen LogP contribution >= 0.6 is 0 Å². The smallest absolute Gasteiger partial charge is 0.748 e. The van der Waals surface area contributed by atoms with Gasteiger partial charge in [0.25, 0.3) is 0 Å². The van der Waals surface area contributed by atoms with Crippen molar-refractivity contribution < 1.29 is 69.5 Å². The molecule has 0 aromatic rings. The van der Waals surface area contributed by atoms with E-state index < -0.39 is 21.5 Å². The zero-order valence-electron chi connectivity index (χ0n) is 19.0. The standard InChI is InChI=1S/C22H46O4S.K/c1-3-4-5-6-7-8-9-10-11-12-13-14-15-16-19-22(27(24,25)26)20-17-18-21(2)23;/h21-23H,3-20H2,1-2H3,(H,24,25,26);/q;+1/p-1. The minimum Gasteiger partial charge on any atom is -0.748 e. The molecule has 0 amide bonds. The first kappa shape index (κ1) is 31.7. The molecular weight excluding hydrogens is 399 g/mol. The van der Waals surface area contributed by atoms with Crippen LogP contribution in [0.4, 0.5) is 0 Å². The molecule has 0 aliphatic heterocycles. The van der Waals surface area contributed by atoms with Crippen LogP contribution < -0.4 is 51.4 Å². The van der Waals surface area contributed by atoms with Crippen molar-refractivity contribution in [3.8, 4) is 0 Å². The van der Waals surface area contributed by atoms with Crippen molar-refractivity contribution in [2.75, 3.05) is 0 Å². The van der Waals surface area contributed by atoms with Crippen molar-refractivity contribution in [2.45, 2.75) is 141 Å². The van der Waals surface area contributed by atoms with E-state index in [4.69, 9.17) is 0 Å². The third-order valence-electron chi connectivity index (χ3n) is 5.44. The summed E-state index contributed by atoms with van der Waals surface area (Å²) in [6, 6.07) is 0. The Bertz CT molecular complexity index is 413. The van der Waals surface area contributed by atoms with Gasteiger partial charge in [0.15, 0.2) is 0 Å². The normalized spacial score (nSPS) is 13.9. The first-order valence-corrected chi connectivity index (χ1v) is 13.0. The van der Waals surface area contributed by atoms with E-state index in [9.17, 15) is 18.1 Å². The average Bonchev–Trinajstić information content (AvgIpc) is 2.59. The molecule has 4 nitrogen and oxygen atoms in total. The molecule has 0 heterocycles. The van der Waals surface area contributed by atoms with Crippen LogP contribution in [-0.2, 0) is 10.1 Å². The summed E-state index contributed by atoms with van der Waals surface area (Å²) in [5.74, 6) is 0. The second-order valence-corrected chi connectivity index (χ2v) is 9.93. The van der Waals surface area contributed by atoms with Crippen molar-refractivity contribution in [3.63, 3.8) is 0 Å². The van der Waals surface area contributed by atoms with Gasteiger partial charge in [-0.15, -0.1) is 0 Å². The van der Waals surface area contributed by atoms with E-state index in [0.29, 0.717) is 25.7 Å². The number of unbranched alkanes of at least 4 members (excludes halogenated alkanes) is 13. The van der Waals surface area contributed by atoms with Gasteiger partial charge in [0.1, 0.15) is 0 Å². The Morgan fingerprint density at radius 1 is 0.679 bits per heavy atom. The van der Waals surface area contributed by atoms with Crippen LogP contribution in [0.2, 0.25) is 0 Å². The molecule has 2 atom stereocenters. The molecular formula is C22H45KO4S. The second-order valence-electron chi connectivity index (χ2n) is 8.28. The fraction of sp³-hybridized carbons (Fsp3) is 1.00. The fourth-order valence-corrected chi connectivity index (χ4v) is 4.55. The fourth-order valence-electron chi connectivity index (χ4n) is 3.64. The van der Waals surface area contributed by atoms with Crippen molar-refractivity contribution in [1.82, 2.24) is 0 Å². The second kappa shape index (κ2) is 21.7. The van der Waals surface area contributed by atoms with Gasteiger partial charge >= 0.3 is 51.4 Å². The average molecular weight is 445 g/mol. The van der Waals surface area contributed by atoms with Crippen LogP contribution in [-0.4, -0.2) is 29.4 Å². The van der Waals surface area contributed by atoms with Crippen LogP contribution in [0, 0.1) is 0 Å². The SMILES string of the molecule is CCCCCCCCCCCCCCCCC(CCCC(C)O)S(=O)(=O)[O-].[K+]. The molecule has 0 bridgehead atoms. The Balaban J connectivity index is 0. The maximum atomic E-state index is 11.4. The summed E-state index contributed by atoms with van der Waals surface area (Å²) in [5.41, 5.74) is 0. The van der Waals surface area contributed by atoms with E-state index in [0.717, 1.165) is 19.3 Å². The molecule has 2 unspecified atom stereocenters. The van der Waals surface area contributed by atoms with E-state index in [1.807, 2.05) is 0 Å².